The fourth-order valence-corrected chi connectivity index (χ4v) is 2.05. The number of hydrogen-bond donors (Lipinski definition) is 1. The third-order valence-corrected chi connectivity index (χ3v) is 2.91. The topological polar surface area (TPSA) is 66.8 Å². The highest BCUT2D eigenvalue weighted by Gasteiger charge is 2.37. The van der Waals surface area contributed by atoms with Crippen molar-refractivity contribution in [1.29, 1.82) is 0 Å². The molecule has 1 aliphatic heterocycles. The van der Waals surface area contributed by atoms with Crippen molar-refractivity contribution in [2.75, 3.05) is 12.0 Å². The molecule has 0 radical (unpaired) electrons. The van der Waals surface area contributed by atoms with Crippen LogP contribution in [-0.2, 0) is 9.59 Å². The second-order valence-corrected chi connectivity index (χ2v) is 3.98. The summed E-state index contributed by atoms with van der Waals surface area (Å²) in [6.07, 6.45) is 0.395. The second-order valence-electron chi connectivity index (χ2n) is 3.98. The number of hydrogen-bond acceptors (Lipinski definition) is 3. The van der Waals surface area contributed by atoms with Crippen molar-refractivity contribution in [3.63, 3.8) is 0 Å². The van der Waals surface area contributed by atoms with Crippen molar-refractivity contribution in [3.05, 3.63) is 24.0 Å². The lowest BCUT2D eigenvalue weighted by Gasteiger charge is -2.22. The van der Waals surface area contributed by atoms with Crippen molar-refractivity contribution >= 4 is 17.6 Å². The van der Waals surface area contributed by atoms with Crippen LogP contribution in [0.1, 0.15) is 12.8 Å². The first-order valence-corrected chi connectivity index (χ1v) is 5.43. The molecule has 0 spiro atoms. The van der Waals surface area contributed by atoms with Crippen molar-refractivity contribution in [2.45, 2.75) is 18.9 Å². The molecule has 1 amide bonds. The number of carbonyl (C=O) groups is 2. The summed E-state index contributed by atoms with van der Waals surface area (Å²) in [4.78, 5) is 23.8. The number of carboxylic acids is 1. The zero-order chi connectivity index (χ0) is 13.3. The molecule has 0 bridgehead atoms. The Hall–Kier alpha value is -2.11. The number of aliphatic carboxylic acids is 1. The van der Waals surface area contributed by atoms with E-state index in [1.165, 1.54) is 19.2 Å². The van der Waals surface area contributed by atoms with E-state index in [4.69, 9.17) is 9.84 Å². The minimum Gasteiger partial charge on any atom is -0.494 e. The van der Waals surface area contributed by atoms with Gasteiger partial charge < -0.3 is 9.84 Å². The van der Waals surface area contributed by atoms with Crippen LogP contribution in [0.25, 0.3) is 0 Å². The molecule has 0 aromatic heterocycles. The molecule has 1 heterocycles. The molecule has 18 heavy (non-hydrogen) atoms. The predicted molar refractivity (Wildman–Crippen MR) is 61.1 cm³/mol. The number of carbonyl (C=O) groups excluding carboxylic acids is 1. The smallest absolute Gasteiger partial charge is 0.326 e. The van der Waals surface area contributed by atoms with Gasteiger partial charge in [-0.3, -0.25) is 9.69 Å². The first-order valence-electron chi connectivity index (χ1n) is 5.43. The van der Waals surface area contributed by atoms with Gasteiger partial charge >= 0.3 is 5.97 Å². The number of ether oxygens (including phenoxy) is 1. The van der Waals surface area contributed by atoms with Gasteiger partial charge in [-0.05, 0) is 18.6 Å². The molecule has 0 aliphatic carbocycles. The number of anilines is 1. The lowest BCUT2D eigenvalue weighted by Crippen LogP contribution is -2.38. The molecule has 96 valence electrons. The molecule has 1 aliphatic rings. The molecular weight excluding hydrogens is 241 g/mol. The maximum atomic E-state index is 13.5. The fraction of sp³-hybridized carbons (Fsp3) is 0.333. The summed E-state index contributed by atoms with van der Waals surface area (Å²) in [7, 11) is 1.33. The summed E-state index contributed by atoms with van der Waals surface area (Å²) in [5.41, 5.74) is 0.239. The number of halogens is 1. The van der Waals surface area contributed by atoms with Crippen LogP contribution in [0, 0.1) is 5.82 Å². The van der Waals surface area contributed by atoms with Gasteiger partial charge in [0, 0.05) is 18.2 Å². The lowest BCUT2D eigenvalue weighted by atomic mass is 10.2. The minimum atomic E-state index is -1.09. The third kappa shape index (κ3) is 2.01. The molecule has 6 heteroatoms. The zero-order valence-corrected chi connectivity index (χ0v) is 9.72. The van der Waals surface area contributed by atoms with E-state index in [1.54, 1.807) is 0 Å². The maximum absolute atomic E-state index is 13.5. The molecule has 1 aromatic rings. The van der Waals surface area contributed by atoms with Crippen LogP contribution in [0.3, 0.4) is 0 Å². The van der Waals surface area contributed by atoms with Crippen LogP contribution < -0.4 is 9.64 Å². The van der Waals surface area contributed by atoms with Gasteiger partial charge in [-0.1, -0.05) is 0 Å². The molecule has 1 atom stereocenters. The van der Waals surface area contributed by atoms with Gasteiger partial charge in [0.25, 0.3) is 0 Å². The molecule has 0 saturated carbocycles. The number of amides is 1. The normalized spacial score (nSPS) is 19.1. The molecule has 1 saturated heterocycles. The van der Waals surface area contributed by atoms with Gasteiger partial charge in [0.1, 0.15) is 6.04 Å². The first-order chi connectivity index (χ1) is 8.54. The highest BCUT2D eigenvalue weighted by molar-refractivity contribution is 6.02. The average Bonchev–Trinajstić information content (AvgIpc) is 2.71. The summed E-state index contributed by atoms with van der Waals surface area (Å²) in [5, 5.41) is 9.02. The minimum absolute atomic E-state index is 0.0530. The standard InChI is InChI=1S/C12H12FNO4/c1-18-10-4-2-7(6-8(10)13)14-9(12(16)17)3-5-11(14)15/h2,4,6,9H,3,5H2,1H3,(H,16,17). The Labute approximate surface area is 103 Å². The van der Waals surface area contributed by atoms with E-state index < -0.39 is 17.8 Å². The van der Waals surface area contributed by atoms with Crippen LogP contribution in [-0.4, -0.2) is 30.1 Å². The third-order valence-electron chi connectivity index (χ3n) is 2.91. The Bertz CT molecular complexity index is 503. The lowest BCUT2D eigenvalue weighted by molar-refractivity contribution is -0.138. The van der Waals surface area contributed by atoms with Crippen molar-refractivity contribution in [1.82, 2.24) is 0 Å². The molecule has 1 N–H and O–H groups in total. The van der Waals surface area contributed by atoms with Gasteiger partial charge in [-0.2, -0.15) is 0 Å². The summed E-state index contributed by atoms with van der Waals surface area (Å²) in [5.74, 6) is -1.97. The molecule has 1 fully saturated rings. The van der Waals surface area contributed by atoms with E-state index in [-0.39, 0.29) is 30.2 Å². The van der Waals surface area contributed by atoms with Gasteiger partial charge in [-0.15, -0.1) is 0 Å². The predicted octanol–water partition coefficient (Wildman–Crippen LogP) is 1.41. The van der Waals surface area contributed by atoms with E-state index >= 15 is 0 Å². The number of nitrogens with zero attached hydrogens (tertiary/aromatic N) is 1. The SMILES string of the molecule is COc1ccc(N2C(=O)CCC2C(=O)O)cc1F. The Morgan fingerprint density at radius 2 is 2.28 bits per heavy atom. The number of carboxylic acid groups (broad SMARTS) is 1. The Morgan fingerprint density at radius 3 is 2.83 bits per heavy atom. The molecule has 2 rings (SSSR count). The molecular formula is C12H12FNO4. The van der Waals surface area contributed by atoms with E-state index in [1.807, 2.05) is 0 Å². The molecule has 1 unspecified atom stereocenters. The van der Waals surface area contributed by atoms with E-state index in [2.05, 4.69) is 0 Å². The van der Waals surface area contributed by atoms with Crippen molar-refractivity contribution in [3.8, 4) is 5.75 Å². The fourth-order valence-electron chi connectivity index (χ4n) is 2.05. The highest BCUT2D eigenvalue weighted by Crippen LogP contribution is 2.30. The Morgan fingerprint density at radius 1 is 1.56 bits per heavy atom. The molecule has 5 nitrogen and oxygen atoms in total. The quantitative estimate of drug-likeness (QED) is 0.884. The Balaban J connectivity index is 2.37. The second kappa shape index (κ2) is 4.64. The van der Waals surface area contributed by atoms with Crippen molar-refractivity contribution in [2.24, 2.45) is 0 Å². The van der Waals surface area contributed by atoms with Gasteiger partial charge in [0.15, 0.2) is 11.6 Å². The number of methoxy groups -OCH3 is 1. The number of benzene rings is 1. The number of rotatable bonds is 3. The van der Waals surface area contributed by atoms with Crippen LogP contribution in [0.4, 0.5) is 10.1 Å². The summed E-state index contributed by atoms with van der Waals surface area (Å²) in [6, 6.07) is 3.03. The van der Waals surface area contributed by atoms with E-state index in [0.717, 1.165) is 11.0 Å². The van der Waals surface area contributed by atoms with Crippen LogP contribution >= 0.6 is 0 Å². The monoisotopic (exact) mass is 253 g/mol. The zero-order valence-electron chi connectivity index (χ0n) is 9.72. The summed E-state index contributed by atoms with van der Waals surface area (Å²) < 4.78 is 18.3. The van der Waals surface area contributed by atoms with E-state index in [9.17, 15) is 14.0 Å². The van der Waals surface area contributed by atoms with Gasteiger partial charge in [0.05, 0.1) is 7.11 Å². The molecule has 1 aromatic carbocycles. The first kappa shape index (κ1) is 12.3. The highest BCUT2D eigenvalue weighted by atomic mass is 19.1. The van der Waals surface area contributed by atoms with E-state index in [0.29, 0.717) is 0 Å². The van der Waals surface area contributed by atoms with Crippen LogP contribution in [0.15, 0.2) is 18.2 Å². The van der Waals surface area contributed by atoms with Gasteiger partial charge in [-0.25, -0.2) is 9.18 Å². The van der Waals surface area contributed by atoms with Crippen molar-refractivity contribution < 1.29 is 23.8 Å². The van der Waals surface area contributed by atoms with Crippen LogP contribution in [0.2, 0.25) is 0 Å². The van der Waals surface area contributed by atoms with Gasteiger partial charge in [0.2, 0.25) is 5.91 Å². The van der Waals surface area contributed by atoms with Crippen LogP contribution in [0.5, 0.6) is 5.75 Å². The maximum Gasteiger partial charge on any atom is 0.326 e. The Kier molecular flexibility index (Phi) is 3.18. The summed E-state index contributed by atoms with van der Waals surface area (Å²) >= 11 is 0. The largest absolute Gasteiger partial charge is 0.494 e. The average molecular weight is 253 g/mol. The summed E-state index contributed by atoms with van der Waals surface area (Å²) in [6.45, 7) is 0.